The van der Waals surface area contributed by atoms with Crippen molar-refractivity contribution in [1.82, 2.24) is 5.32 Å². The number of halogens is 3. The van der Waals surface area contributed by atoms with Gasteiger partial charge in [0.05, 0.1) is 19.6 Å². The third-order valence-electron chi connectivity index (χ3n) is 1.98. The summed E-state index contributed by atoms with van der Waals surface area (Å²) in [6.45, 7) is 1.76. The van der Waals surface area contributed by atoms with Crippen molar-refractivity contribution in [3.63, 3.8) is 0 Å². The van der Waals surface area contributed by atoms with Crippen molar-refractivity contribution in [3.8, 4) is 0 Å². The van der Waals surface area contributed by atoms with Gasteiger partial charge in [0.15, 0.2) is 0 Å². The van der Waals surface area contributed by atoms with Crippen molar-refractivity contribution in [1.29, 1.82) is 0 Å². The van der Waals surface area contributed by atoms with Crippen LogP contribution in [0.15, 0.2) is 11.6 Å². The first-order valence-electron chi connectivity index (χ1n) is 4.61. The van der Waals surface area contributed by atoms with Crippen LogP contribution < -0.4 is 5.32 Å². The molecule has 1 heterocycles. The highest BCUT2D eigenvalue weighted by Crippen LogP contribution is 2.19. The molecule has 0 aromatic heterocycles. The van der Waals surface area contributed by atoms with Gasteiger partial charge in [-0.05, 0) is 18.5 Å². The highest BCUT2D eigenvalue weighted by Gasteiger charge is 2.26. The molecule has 0 unspecified atom stereocenters. The second-order valence-corrected chi connectivity index (χ2v) is 3.23. The fourth-order valence-corrected chi connectivity index (χ4v) is 1.19. The minimum Gasteiger partial charge on any atom is -0.377 e. The molecule has 1 aliphatic rings. The van der Waals surface area contributed by atoms with Gasteiger partial charge < -0.3 is 10.1 Å². The molecule has 14 heavy (non-hydrogen) atoms. The number of nitrogens with one attached hydrogen (secondary N) is 1. The Balaban J connectivity index is 2.06. The lowest BCUT2D eigenvalue weighted by Gasteiger charge is -2.14. The van der Waals surface area contributed by atoms with E-state index in [1.54, 1.807) is 0 Å². The van der Waals surface area contributed by atoms with E-state index >= 15 is 0 Å². The van der Waals surface area contributed by atoms with E-state index in [0.717, 1.165) is 25.1 Å². The number of rotatable bonds is 4. The van der Waals surface area contributed by atoms with Gasteiger partial charge in [0, 0.05) is 6.54 Å². The number of hydrogen-bond acceptors (Lipinski definition) is 2. The molecule has 2 nitrogen and oxygen atoms in total. The minimum absolute atomic E-state index is 0.242. The number of alkyl halides is 3. The highest BCUT2D eigenvalue weighted by atomic mass is 19.4. The molecule has 1 rings (SSSR count). The van der Waals surface area contributed by atoms with Gasteiger partial charge in [-0.1, -0.05) is 6.08 Å². The molecule has 0 radical (unpaired) electrons. The fraction of sp³-hybridized carbons (Fsp3) is 0.778. The van der Waals surface area contributed by atoms with Gasteiger partial charge in [-0.25, -0.2) is 0 Å². The van der Waals surface area contributed by atoms with Crippen LogP contribution in [0.2, 0.25) is 0 Å². The van der Waals surface area contributed by atoms with Crippen LogP contribution in [0.3, 0.4) is 0 Å². The maximum atomic E-state index is 11.7. The Morgan fingerprint density at radius 3 is 2.79 bits per heavy atom. The highest BCUT2D eigenvalue weighted by molar-refractivity contribution is 5.06. The molecule has 82 valence electrons. The lowest BCUT2D eigenvalue weighted by atomic mass is 10.1. The van der Waals surface area contributed by atoms with Crippen LogP contribution in [0.5, 0.6) is 0 Å². The van der Waals surface area contributed by atoms with Gasteiger partial charge in [0.25, 0.3) is 0 Å². The topological polar surface area (TPSA) is 21.3 Å². The van der Waals surface area contributed by atoms with Gasteiger partial charge >= 0.3 is 6.18 Å². The Labute approximate surface area is 81.1 Å². The van der Waals surface area contributed by atoms with Crippen LogP contribution in [-0.2, 0) is 4.74 Å². The van der Waals surface area contributed by atoms with Crippen LogP contribution in [0.4, 0.5) is 13.2 Å². The lowest BCUT2D eigenvalue weighted by molar-refractivity contribution is -0.144. The van der Waals surface area contributed by atoms with Crippen LogP contribution in [-0.4, -0.2) is 32.5 Å². The summed E-state index contributed by atoms with van der Waals surface area (Å²) in [5.74, 6) is 0. The monoisotopic (exact) mass is 209 g/mol. The molecule has 5 heteroatoms. The Bertz CT molecular complexity index is 201. The summed E-state index contributed by atoms with van der Waals surface area (Å²) in [5, 5.41) is 3.12. The average molecular weight is 209 g/mol. The third-order valence-corrected chi connectivity index (χ3v) is 1.98. The Hall–Kier alpha value is -0.550. The van der Waals surface area contributed by atoms with Crippen molar-refractivity contribution < 1.29 is 17.9 Å². The molecular weight excluding hydrogens is 195 g/mol. The second-order valence-electron chi connectivity index (χ2n) is 3.23. The van der Waals surface area contributed by atoms with Gasteiger partial charge in [-0.15, -0.1) is 0 Å². The molecule has 0 spiro atoms. The predicted octanol–water partition coefficient (Wildman–Crippen LogP) is 1.88. The van der Waals surface area contributed by atoms with E-state index in [2.05, 4.69) is 5.32 Å². The van der Waals surface area contributed by atoms with E-state index < -0.39 is 12.6 Å². The van der Waals surface area contributed by atoms with Crippen molar-refractivity contribution in [2.24, 2.45) is 0 Å². The first kappa shape index (κ1) is 11.5. The van der Waals surface area contributed by atoms with Crippen molar-refractivity contribution >= 4 is 0 Å². The van der Waals surface area contributed by atoms with E-state index in [9.17, 15) is 13.2 Å². The summed E-state index contributed by atoms with van der Waals surface area (Å²) < 4.78 is 40.1. The van der Waals surface area contributed by atoms with E-state index in [1.807, 2.05) is 6.08 Å². The average Bonchev–Trinajstić information content (AvgIpc) is 2.13. The van der Waals surface area contributed by atoms with Gasteiger partial charge in [0.2, 0.25) is 0 Å². The van der Waals surface area contributed by atoms with Crippen molar-refractivity contribution in [2.45, 2.75) is 19.0 Å². The molecule has 1 N–H and O–H groups in total. The molecule has 0 saturated carbocycles. The smallest absolute Gasteiger partial charge is 0.377 e. The molecule has 0 bridgehead atoms. The number of ether oxygens (including phenoxy) is 1. The normalized spacial score (nSPS) is 18.1. The Morgan fingerprint density at radius 2 is 2.21 bits per heavy atom. The van der Waals surface area contributed by atoms with Gasteiger partial charge in [-0.2, -0.15) is 13.2 Å². The zero-order valence-corrected chi connectivity index (χ0v) is 7.86. The Morgan fingerprint density at radius 1 is 1.43 bits per heavy atom. The van der Waals surface area contributed by atoms with E-state index in [1.165, 1.54) is 0 Å². The molecule has 0 fully saturated rings. The molecule has 0 amide bonds. The summed E-state index contributed by atoms with van der Waals surface area (Å²) in [6.07, 6.45) is -2.13. The van der Waals surface area contributed by atoms with Crippen molar-refractivity contribution in [3.05, 3.63) is 11.6 Å². The molecule has 0 aromatic carbocycles. The zero-order valence-electron chi connectivity index (χ0n) is 7.86. The second kappa shape index (κ2) is 5.36. The molecule has 1 aliphatic heterocycles. The van der Waals surface area contributed by atoms with Gasteiger partial charge in [-0.3, -0.25) is 0 Å². The summed E-state index contributed by atoms with van der Waals surface area (Å²) in [6, 6.07) is 0. The van der Waals surface area contributed by atoms with Crippen LogP contribution in [0, 0.1) is 0 Å². The predicted molar refractivity (Wildman–Crippen MR) is 47.1 cm³/mol. The summed E-state index contributed by atoms with van der Waals surface area (Å²) in [7, 11) is 0. The molecule has 0 atom stereocenters. The van der Waals surface area contributed by atoms with Crippen molar-refractivity contribution in [2.75, 3.05) is 26.3 Å². The standard InChI is InChI=1S/C9H14F3NO/c10-9(11,12)3-6-14-7-8-1-4-13-5-2-8/h1,13H,2-7H2. The Kier molecular flexibility index (Phi) is 4.41. The molecule has 0 saturated heterocycles. The maximum Gasteiger partial charge on any atom is 0.391 e. The van der Waals surface area contributed by atoms with E-state index in [-0.39, 0.29) is 6.61 Å². The van der Waals surface area contributed by atoms with Crippen LogP contribution >= 0.6 is 0 Å². The van der Waals surface area contributed by atoms with Gasteiger partial charge in [0.1, 0.15) is 0 Å². The quantitative estimate of drug-likeness (QED) is 0.563. The van der Waals surface area contributed by atoms with E-state index in [4.69, 9.17) is 4.74 Å². The summed E-state index contributed by atoms with van der Waals surface area (Å²) >= 11 is 0. The molecule has 0 aromatic rings. The SMILES string of the molecule is FC(F)(F)CCOCC1=CCNCC1. The third kappa shape index (κ3) is 5.24. The maximum absolute atomic E-state index is 11.7. The first-order valence-corrected chi connectivity index (χ1v) is 4.61. The molecule has 0 aliphatic carbocycles. The summed E-state index contributed by atoms with van der Waals surface area (Å²) in [5.41, 5.74) is 1.09. The fourth-order valence-electron chi connectivity index (χ4n) is 1.19. The first-order chi connectivity index (χ1) is 6.58. The largest absolute Gasteiger partial charge is 0.391 e. The van der Waals surface area contributed by atoms with Crippen LogP contribution in [0.25, 0.3) is 0 Å². The molecular formula is C9H14F3NO. The van der Waals surface area contributed by atoms with E-state index in [0.29, 0.717) is 6.61 Å². The minimum atomic E-state index is -4.11. The summed E-state index contributed by atoms with van der Waals surface area (Å²) in [4.78, 5) is 0. The lowest BCUT2D eigenvalue weighted by Crippen LogP contribution is -2.22. The van der Waals surface area contributed by atoms with Crippen LogP contribution in [0.1, 0.15) is 12.8 Å². The number of hydrogen-bond donors (Lipinski definition) is 1. The zero-order chi connectivity index (χ0) is 10.4.